The summed E-state index contributed by atoms with van der Waals surface area (Å²) >= 11 is 0. The number of carbonyl (C=O) groups excluding carboxylic acids is 2. The Morgan fingerprint density at radius 1 is 0.848 bits per heavy atom. The number of carbonyl (C=O) groups is 2. The van der Waals surface area contributed by atoms with Gasteiger partial charge in [-0.1, -0.05) is 18.2 Å². The zero-order valence-electron chi connectivity index (χ0n) is 18.5. The van der Waals surface area contributed by atoms with Gasteiger partial charge in [0, 0.05) is 5.56 Å². The smallest absolute Gasteiger partial charge is 0.343 e. The Labute approximate surface area is 191 Å². The van der Waals surface area contributed by atoms with Gasteiger partial charge in [0.2, 0.25) is 0 Å². The molecule has 1 amide bonds. The van der Waals surface area contributed by atoms with Crippen molar-refractivity contribution in [3.63, 3.8) is 0 Å². The average Bonchev–Trinajstić information content (AvgIpc) is 2.85. The van der Waals surface area contributed by atoms with E-state index in [1.54, 1.807) is 60.7 Å². The molecule has 0 saturated carbocycles. The van der Waals surface area contributed by atoms with Crippen LogP contribution in [0.4, 0.5) is 0 Å². The molecule has 0 spiro atoms. The SMILES string of the molecule is CCOc1cc(C=NNC(=O)c2ccc(OC)c(OC)c2)ccc1OC(=O)c1ccccc1. The molecule has 0 unspecified atom stereocenters. The van der Waals surface area contributed by atoms with E-state index in [-0.39, 0.29) is 5.75 Å². The third-order valence-electron chi connectivity index (χ3n) is 4.51. The standard InChI is InChI=1S/C25H24N2O6/c1-4-32-23-14-17(10-12-21(23)33-25(29)18-8-6-5-7-9-18)16-26-27-24(28)19-11-13-20(30-2)22(15-19)31-3/h5-16H,4H2,1-3H3,(H,27,28). The van der Waals surface area contributed by atoms with Gasteiger partial charge >= 0.3 is 5.97 Å². The molecule has 1 N–H and O–H groups in total. The quantitative estimate of drug-likeness (QED) is 0.229. The van der Waals surface area contributed by atoms with E-state index in [0.29, 0.717) is 40.5 Å². The summed E-state index contributed by atoms with van der Waals surface area (Å²) in [6.07, 6.45) is 1.46. The van der Waals surface area contributed by atoms with Gasteiger partial charge in [0.1, 0.15) is 0 Å². The maximum absolute atomic E-state index is 12.4. The minimum atomic E-state index is -0.486. The average molecular weight is 448 g/mol. The van der Waals surface area contributed by atoms with Gasteiger partial charge < -0.3 is 18.9 Å². The molecule has 0 atom stereocenters. The van der Waals surface area contributed by atoms with E-state index in [4.69, 9.17) is 18.9 Å². The van der Waals surface area contributed by atoms with Crippen LogP contribution in [0.2, 0.25) is 0 Å². The normalized spacial score (nSPS) is 10.5. The molecule has 0 aliphatic rings. The maximum Gasteiger partial charge on any atom is 0.343 e. The van der Waals surface area contributed by atoms with Crippen LogP contribution in [-0.2, 0) is 0 Å². The topological polar surface area (TPSA) is 95.5 Å². The molecule has 0 saturated heterocycles. The first-order valence-electron chi connectivity index (χ1n) is 10.1. The monoisotopic (exact) mass is 448 g/mol. The van der Waals surface area contributed by atoms with Crippen LogP contribution in [0.3, 0.4) is 0 Å². The van der Waals surface area contributed by atoms with Gasteiger partial charge in [-0.15, -0.1) is 0 Å². The van der Waals surface area contributed by atoms with Gasteiger partial charge in [-0.05, 0) is 61.0 Å². The molecule has 0 radical (unpaired) electrons. The lowest BCUT2D eigenvalue weighted by Crippen LogP contribution is -2.17. The Balaban J connectivity index is 1.70. The molecule has 0 aliphatic carbocycles. The summed E-state index contributed by atoms with van der Waals surface area (Å²) in [6, 6.07) is 18.5. The number of hydrogen-bond donors (Lipinski definition) is 1. The van der Waals surface area contributed by atoms with Crippen molar-refractivity contribution < 1.29 is 28.5 Å². The van der Waals surface area contributed by atoms with Crippen molar-refractivity contribution in [3.05, 3.63) is 83.4 Å². The molecule has 3 aromatic rings. The number of esters is 1. The van der Waals surface area contributed by atoms with Crippen molar-refractivity contribution in [2.45, 2.75) is 6.92 Å². The van der Waals surface area contributed by atoms with E-state index in [9.17, 15) is 9.59 Å². The molecular formula is C25H24N2O6. The molecule has 0 bridgehead atoms. The number of hydrazone groups is 1. The van der Waals surface area contributed by atoms with Gasteiger partial charge in [-0.3, -0.25) is 4.79 Å². The Morgan fingerprint density at radius 2 is 1.58 bits per heavy atom. The van der Waals surface area contributed by atoms with Gasteiger partial charge in [0.25, 0.3) is 5.91 Å². The second-order valence-corrected chi connectivity index (χ2v) is 6.66. The molecule has 33 heavy (non-hydrogen) atoms. The number of nitrogens with zero attached hydrogens (tertiary/aromatic N) is 1. The molecule has 0 aromatic heterocycles. The predicted molar refractivity (Wildman–Crippen MR) is 124 cm³/mol. The van der Waals surface area contributed by atoms with E-state index in [1.165, 1.54) is 20.4 Å². The van der Waals surface area contributed by atoms with Crippen molar-refractivity contribution in [1.82, 2.24) is 5.43 Å². The zero-order valence-corrected chi connectivity index (χ0v) is 18.5. The van der Waals surface area contributed by atoms with Crippen molar-refractivity contribution in [2.24, 2.45) is 5.10 Å². The minimum Gasteiger partial charge on any atom is -0.493 e. The van der Waals surface area contributed by atoms with E-state index >= 15 is 0 Å². The largest absolute Gasteiger partial charge is 0.493 e. The first-order valence-corrected chi connectivity index (χ1v) is 10.1. The van der Waals surface area contributed by atoms with Gasteiger partial charge in [0.05, 0.1) is 32.6 Å². The number of rotatable bonds is 9. The summed E-state index contributed by atoms with van der Waals surface area (Å²) in [5, 5.41) is 4.00. The number of nitrogens with one attached hydrogen (secondary N) is 1. The highest BCUT2D eigenvalue weighted by Gasteiger charge is 2.13. The first kappa shape index (κ1) is 23.3. The Morgan fingerprint density at radius 3 is 2.27 bits per heavy atom. The molecule has 8 heteroatoms. The van der Waals surface area contributed by atoms with E-state index < -0.39 is 11.9 Å². The highest BCUT2D eigenvalue weighted by molar-refractivity contribution is 5.95. The lowest BCUT2D eigenvalue weighted by atomic mass is 10.2. The Kier molecular flexibility index (Phi) is 8.02. The van der Waals surface area contributed by atoms with E-state index in [0.717, 1.165) is 0 Å². The van der Waals surface area contributed by atoms with Crippen LogP contribution < -0.4 is 24.4 Å². The Hall–Kier alpha value is -4.33. The number of ether oxygens (including phenoxy) is 4. The van der Waals surface area contributed by atoms with Crippen molar-refractivity contribution in [1.29, 1.82) is 0 Å². The van der Waals surface area contributed by atoms with Crippen LogP contribution in [0.1, 0.15) is 33.2 Å². The number of hydrogen-bond acceptors (Lipinski definition) is 7. The summed E-state index contributed by atoms with van der Waals surface area (Å²) in [6.45, 7) is 2.21. The van der Waals surface area contributed by atoms with Gasteiger partial charge in [0.15, 0.2) is 23.0 Å². The second kappa shape index (κ2) is 11.3. The van der Waals surface area contributed by atoms with Crippen LogP contribution in [0.5, 0.6) is 23.0 Å². The van der Waals surface area contributed by atoms with Crippen LogP contribution >= 0.6 is 0 Å². The molecule has 170 valence electrons. The van der Waals surface area contributed by atoms with Crippen molar-refractivity contribution >= 4 is 18.1 Å². The number of methoxy groups -OCH3 is 2. The summed E-state index contributed by atoms with van der Waals surface area (Å²) in [7, 11) is 3.01. The van der Waals surface area contributed by atoms with Crippen molar-refractivity contribution in [3.8, 4) is 23.0 Å². The van der Waals surface area contributed by atoms with Gasteiger partial charge in [-0.2, -0.15) is 5.10 Å². The summed E-state index contributed by atoms with van der Waals surface area (Å²) < 4.78 is 21.5. The number of amides is 1. The lowest BCUT2D eigenvalue weighted by molar-refractivity contribution is 0.0728. The number of benzene rings is 3. The van der Waals surface area contributed by atoms with Crippen LogP contribution in [0.15, 0.2) is 71.8 Å². The van der Waals surface area contributed by atoms with Crippen molar-refractivity contribution in [2.75, 3.05) is 20.8 Å². The van der Waals surface area contributed by atoms with E-state index in [1.807, 2.05) is 13.0 Å². The molecule has 3 aromatic carbocycles. The van der Waals surface area contributed by atoms with Crippen LogP contribution in [0, 0.1) is 0 Å². The van der Waals surface area contributed by atoms with Crippen LogP contribution in [0.25, 0.3) is 0 Å². The fourth-order valence-corrected chi connectivity index (χ4v) is 2.90. The predicted octanol–water partition coefficient (Wildman–Crippen LogP) is 4.09. The minimum absolute atomic E-state index is 0.289. The molecule has 0 fully saturated rings. The summed E-state index contributed by atoms with van der Waals surface area (Å²) in [5.74, 6) is 0.741. The summed E-state index contributed by atoms with van der Waals surface area (Å²) in [4.78, 5) is 24.7. The molecule has 3 rings (SSSR count). The molecule has 0 aliphatic heterocycles. The Bertz CT molecular complexity index is 1140. The molecular weight excluding hydrogens is 424 g/mol. The lowest BCUT2D eigenvalue weighted by Gasteiger charge is -2.11. The third kappa shape index (κ3) is 6.10. The highest BCUT2D eigenvalue weighted by atomic mass is 16.6. The van der Waals surface area contributed by atoms with Gasteiger partial charge in [-0.25, -0.2) is 10.2 Å². The highest BCUT2D eigenvalue weighted by Crippen LogP contribution is 2.29. The molecule has 8 nitrogen and oxygen atoms in total. The fraction of sp³-hybridized carbons (Fsp3) is 0.160. The summed E-state index contributed by atoms with van der Waals surface area (Å²) in [5.41, 5.74) is 3.91. The van der Waals surface area contributed by atoms with Crippen LogP contribution in [-0.4, -0.2) is 38.9 Å². The molecule has 0 heterocycles. The third-order valence-corrected chi connectivity index (χ3v) is 4.51. The second-order valence-electron chi connectivity index (χ2n) is 6.66. The van der Waals surface area contributed by atoms with E-state index in [2.05, 4.69) is 10.5 Å². The zero-order chi connectivity index (χ0) is 23.6. The maximum atomic E-state index is 12.4. The first-order chi connectivity index (χ1) is 16.0. The fourth-order valence-electron chi connectivity index (χ4n) is 2.90.